The van der Waals surface area contributed by atoms with Gasteiger partial charge in [0.1, 0.15) is 17.0 Å². The van der Waals surface area contributed by atoms with Crippen LogP contribution in [-0.4, -0.2) is 9.97 Å². The van der Waals surface area contributed by atoms with Gasteiger partial charge in [0.15, 0.2) is 0 Å². The lowest BCUT2D eigenvalue weighted by atomic mass is 10.1. The van der Waals surface area contributed by atoms with Crippen LogP contribution < -0.4 is 0 Å². The fraction of sp³-hybridized carbons (Fsp3) is 0. The minimum absolute atomic E-state index is 0.223. The molecule has 16 heavy (non-hydrogen) atoms. The Kier molecular flexibility index (Phi) is 2.15. The summed E-state index contributed by atoms with van der Waals surface area (Å²) in [6, 6.07) is 6.46. The van der Waals surface area contributed by atoms with Crippen molar-refractivity contribution in [1.29, 1.82) is 0 Å². The summed E-state index contributed by atoms with van der Waals surface area (Å²) < 4.78 is 12.8. The van der Waals surface area contributed by atoms with Gasteiger partial charge in [0, 0.05) is 22.5 Å². The quantitative estimate of drug-likeness (QED) is 0.639. The lowest BCUT2D eigenvalue weighted by Gasteiger charge is -1.98. The van der Waals surface area contributed by atoms with Crippen LogP contribution in [0.5, 0.6) is 0 Å². The van der Waals surface area contributed by atoms with Crippen molar-refractivity contribution < 1.29 is 4.39 Å². The maximum atomic E-state index is 12.8. The third kappa shape index (κ3) is 1.47. The van der Waals surface area contributed by atoms with Crippen LogP contribution in [0.2, 0.25) is 0 Å². The number of rotatable bonds is 1. The molecule has 3 rings (SSSR count). The largest absolute Gasteiger partial charge is 0.244 e. The number of nitrogens with zero attached hydrogens (tertiary/aromatic N) is 2. The van der Waals surface area contributed by atoms with Crippen molar-refractivity contribution in [3.05, 3.63) is 48.0 Å². The Hall–Kier alpha value is -1.81. The molecule has 0 atom stereocenters. The number of thiophene rings is 1. The Labute approximate surface area is 95.4 Å². The van der Waals surface area contributed by atoms with Gasteiger partial charge in [0.25, 0.3) is 0 Å². The zero-order valence-electron chi connectivity index (χ0n) is 8.22. The van der Waals surface area contributed by atoms with Crippen LogP contribution >= 0.6 is 11.3 Å². The molecule has 1 aromatic carbocycles. The highest BCUT2D eigenvalue weighted by Crippen LogP contribution is 2.31. The third-order valence-corrected chi connectivity index (χ3v) is 3.31. The van der Waals surface area contributed by atoms with Crippen molar-refractivity contribution in [1.82, 2.24) is 9.97 Å². The number of benzene rings is 1. The van der Waals surface area contributed by atoms with E-state index in [0.717, 1.165) is 21.3 Å². The van der Waals surface area contributed by atoms with Crippen molar-refractivity contribution in [2.24, 2.45) is 0 Å². The van der Waals surface area contributed by atoms with Crippen molar-refractivity contribution >= 4 is 21.6 Å². The van der Waals surface area contributed by atoms with Gasteiger partial charge in [0.05, 0.1) is 0 Å². The average Bonchev–Trinajstić information content (AvgIpc) is 2.74. The summed E-state index contributed by atoms with van der Waals surface area (Å²) in [7, 11) is 0. The molecule has 0 fully saturated rings. The van der Waals surface area contributed by atoms with Gasteiger partial charge in [-0.3, -0.25) is 0 Å². The zero-order chi connectivity index (χ0) is 11.0. The van der Waals surface area contributed by atoms with Crippen molar-refractivity contribution in [3.8, 4) is 11.1 Å². The SMILES string of the molecule is Fc1ccc(-c2csc3ncncc23)cc1. The molecule has 0 aliphatic carbocycles. The van der Waals surface area contributed by atoms with E-state index in [4.69, 9.17) is 0 Å². The molecule has 0 spiro atoms. The maximum Gasteiger partial charge on any atom is 0.127 e. The molecule has 0 unspecified atom stereocenters. The molecule has 0 aliphatic rings. The molecule has 0 amide bonds. The monoisotopic (exact) mass is 230 g/mol. The molecule has 78 valence electrons. The highest BCUT2D eigenvalue weighted by Gasteiger charge is 2.06. The van der Waals surface area contributed by atoms with E-state index in [1.807, 2.05) is 5.38 Å². The fourth-order valence-corrected chi connectivity index (χ4v) is 2.52. The van der Waals surface area contributed by atoms with E-state index in [0.29, 0.717) is 0 Å². The van der Waals surface area contributed by atoms with Gasteiger partial charge in [-0.25, -0.2) is 14.4 Å². The molecule has 2 aromatic heterocycles. The van der Waals surface area contributed by atoms with Crippen molar-refractivity contribution in [3.63, 3.8) is 0 Å². The lowest BCUT2D eigenvalue weighted by molar-refractivity contribution is 0.628. The first kappa shape index (κ1) is 9.42. The summed E-state index contributed by atoms with van der Waals surface area (Å²) in [5, 5.41) is 3.03. The van der Waals surface area contributed by atoms with Gasteiger partial charge in [-0.2, -0.15) is 0 Å². The topological polar surface area (TPSA) is 25.8 Å². The van der Waals surface area contributed by atoms with Crippen LogP contribution in [0, 0.1) is 5.82 Å². The molecule has 3 aromatic rings. The van der Waals surface area contributed by atoms with Crippen molar-refractivity contribution in [2.75, 3.05) is 0 Å². The molecule has 0 radical (unpaired) electrons. The summed E-state index contributed by atoms with van der Waals surface area (Å²) in [5.41, 5.74) is 2.04. The molecule has 4 heteroatoms. The highest BCUT2D eigenvalue weighted by molar-refractivity contribution is 7.17. The van der Waals surface area contributed by atoms with Crippen LogP contribution in [0.4, 0.5) is 4.39 Å². The predicted molar refractivity (Wildman–Crippen MR) is 62.8 cm³/mol. The molecule has 0 N–H and O–H groups in total. The second-order valence-electron chi connectivity index (χ2n) is 3.40. The van der Waals surface area contributed by atoms with Gasteiger partial charge in [-0.05, 0) is 17.7 Å². The Bertz CT molecular complexity index is 631. The summed E-state index contributed by atoms with van der Waals surface area (Å²) in [4.78, 5) is 9.14. The van der Waals surface area contributed by atoms with Crippen LogP contribution in [0.3, 0.4) is 0 Å². The molecule has 0 saturated carbocycles. The summed E-state index contributed by atoms with van der Waals surface area (Å²) in [6.45, 7) is 0. The van der Waals surface area contributed by atoms with E-state index in [1.165, 1.54) is 18.5 Å². The Morgan fingerprint density at radius 2 is 1.94 bits per heavy atom. The van der Waals surface area contributed by atoms with Gasteiger partial charge in [0.2, 0.25) is 0 Å². The molecule has 2 heterocycles. The smallest absolute Gasteiger partial charge is 0.127 e. The molecule has 0 saturated heterocycles. The second-order valence-corrected chi connectivity index (χ2v) is 4.26. The Morgan fingerprint density at radius 1 is 1.12 bits per heavy atom. The van der Waals surface area contributed by atoms with Gasteiger partial charge in [-0.15, -0.1) is 11.3 Å². The summed E-state index contributed by atoms with van der Waals surface area (Å²) in [5.74, 6) is -0.223. The molecule has 0 bridgehead atoms. The number of hydrogen-bond acceptors (Lipinski definition) is 3. The number of hydrogen-bond donors (Lipinski definition) is 0. The number of halogens is 1. The minimum Gasteiger partial charge on any atom is -0.244 e. The molecular formula is C12H7FN2S. The summed E-state index contributed by atoms with van der Waals surface area (Å²) >= 11 is 1.57. The first-order chi connectivity index (χ1) is 7.84. The van der Waals surface area contributed by atoms with Crippen LogP contribution in [0.25, 0.3) is 21.3 Å². The standard InChI is InChI=1S/C12H7FN2S/c13-9-3-1-8(2-4-9)11-6-16-12-10(11)5-14-7-15-12/h1-7H. The first-order valence-corrected chi connectivity index (χ1v) is 5.66. The van der Waals surface area contributed by atoms with Gasteiger partial charge >= 0.3 is 0 Å². The minimum atomic E-state index is -0.223. The third-order valence-electron chi connectivity index (χ3n) is 2.41. The normalized spacial score (nSPS) is 10.8. The average molecular weight is 230 g/mol. The van der Waals surface area contributed by atoms with Crippen molar-refractivity contribution in [2.45, 2.75) is 0 Å². The second kappa shape index (κ2) is 3.64. The predicted octanol–water partition coefficient (Wildman–Crippen LogP) is 3.50. The number of aromatic nitrogens is 2. The number of fused-ring (bicyclic) bond motifs is 1. The zero-order valence-corrected chi connectivity index (χ0v) is 9.04. The first-order valence-electron chi connectivity index (χ1n) is 4.78. The van der Waals surface area contributed by atoms with Crippen LogP contribution in [0.1, 0.15) is 0 Å². The van der Waals surface area contributed by atoms with E-state index in [-0.39, 0.29) is 5.82 Å². The van der Waals surface area contributed by atoms with E-state index < -0.39 is 0 Å². The van der Waals surface area contributed by atoms with Gasteiger partial charge in [-0.1, -0.05) is 12.1 Å². The van der Waals surface area contributed by atoms with E-state index in [9.17, 15) is 4.39 Å². The van der Waals surface area contributed by atoms with Gasteiger partial charge < -0.3 is 0 Å². The molecule has 2 nitrogen and oxygen atoms in total. The highest BCUT2D eigenvalue weighted by atomic mass is 32.1. The van der Waals surface area contributed by atoms with Crippen LogP contribution in [-0.2, 0) is 0 Å². The fourth-order valence-electron chi connectivity index (χ4n) is 1.63. The summed E-state index contributed by atoms with van der Waals surface area (Å²) in [6.07, 6.45) is 3.32. The van der Waals surface area contributed by atoms with E-state index >= 15 is 0 Å². The molecule has 0 aliphatic heterocycles. The van der Waals surface area contributed by atoms with E-state index in [2.05, 4.69) is 9.97 Å². The maximum absolute atomic E-state index is 12.8. The van der Waals surface area contributed by atoms with Crippen LogP contribution in [0.15, 0.2) is 42.2 Å². The Morgan fingerprint density at radius 3 is 2.75 bits per heavy atom. The van der Waals surface area contributed by atoms with E-state index in [1.54, 1.807) is 29.7 Å². The lowest BCUT2D eigenvalue weighted by Crippen LogP contribution is -1.79. The Balaban J connectivity index is 2.22. The molecular weight excluding hydrogens is 223 g/mol.